The van der Waals surface area contributed by atoms with Crippen LogP contribution < -0.4 is 5.43 Å². The van der Waals surface area contributed by atoms with E-state index in [2.05, 4.69) is 9.47 Å². The van der Waals surface area contributed by atoms with Crippen LogP contribution in [0, 0.1) is 0 Å². The summed E-state index contributed by atoms with van der Waals surface area (Å²) in [6.07, 6.45) is -0.397. The molecule has 0 atom stereocenters. The van der Waals surface area contributed by atoms with Gasteiger partial charge in [-0.2, -0.15) is 0 Å². The Morgan fingerprint density at radius 2 is 1.95 bits per heavy atom. The highest BCUT2D eigenvalue weighted by atomic mass is 35.5. The summed E-state index contributed by atoms with van der Waals surface area (Å²) in [7, 11) is 2.33. The maximum Gasteiger partial charge on any atom is 0.374 e. The molecular weight excluding hydrogens is 300 g/mol. The summed E-state index contributed by atoms with van der Waals surface area (Å²) in [5.41, 5.74) is -0.466. The Labute approximate surface area is 124 Å². The lowest BCUT2D eigenvalue weighted by Gasteiger charge is -2.07. The van der Waals surface area contributed by atoms with Gasteiger partial charge in [0, 0.05) is 5.02 Å². The number of ether oxygens (including phenoxy) is 2. The van der Waals surface area contributed by atoms with Gasteiger partial charge in [0.2, 0.25) is 5.76 Å². The van der Waals surface area contributed by atoms with E-state index < -0.39 is 23.8 Å². The molecule has 0 saturated heterocycles. The second-order valence-electron chi connectivity index (χ2n) is 4.12. The number of hydrogen-bond donors (Lipinski definition) is 0. The van der Waals surface area contributed by atoms with Crippen molar-refractivity contribution in [2.24, 2.45) is 0 Å². The average molecular weight is 311 g/mol. The maximum absolute atomic E-state index is 12.4. The van der Waals surface area contributed by atoms with Crippen LogP contribution in [0.15, 0.2) is 27.4 Å². The van der Waals surface area contributed by atoms with Crippen LogP contribution in [0.1, 0.15) is 16.1 Å². The summed E-state index contributed by atoms with van der Waals surface area (Å²) >= 11 is 5.84. The van der Waals surface area contributed by atoms with Gasteiger partial charge in [-0.05, 0) is 18.2 Å². The fourth-order valence-corrected chi connectivity index (χ4v) is 2.01. The zero-order valence-corrected chi connectivity index (χ0v) is 12.0. The van der Waals surface area contributed by atoms with Gasteiger partial charge in [0.1, 0.15) is 5.58 Å². The van der Waals surface area contributed by atoms with E-state index in [-0.39, 0.29) is 22.3 Å². The third-order valence-corrected chi connectivity index (χ3v) is 3.10. The minimum Gasteiger partial charge on any atom is -0.469 e. The highest BCUT2D eigenvalue weighted by Crippen LogP contribution is 2.20. The van der Waals surface area contributed by atoms with E-state index in [0.717, 1.165) is 7.11 Å². The molecule has 1 aromatic heterocycles. The van der Waals surface area contributed by atoms with Crippen LogP contribution in [0.25, 0.3) is 11.0 Å². The van der Waals surface area contributed by atoms with Gasteiger partial charge in [-0.15, -0.1) is 0 Å². The standard InChI is InChI=1S/C14H11ClO6/c1-19-11(16)6-9-12(17)8-5-7(15)3-4-10(8)21-13(9)14(18)20-2/h3-5H,6H2,1-2H3. The molecule has 1 heterocycles. The molecule has 6 nitrogen and oxygen atoms in total. The summed E-state index contributed by atoms with van der Waals surface area (Å²) in [4.78, 5) is 35.6. The second kappa shape index (κ2) is 5.97. The van der Waals surface area contributed by atoms with Crippen LogP contribution >= 0.6 is 11.6 Å². The molecule has 7 heteroatoms. The lowest BCUT2D eigenvalue weighted by atomic mass is 10.1. The first-order valence-corrected chi connectivity index (χ1v) is 6.26. The van der Waals surface area contributed by atoms with Crippen LogP contribution in [0.3, 0.4) is 0 Å². The molecular formula is C14H11ClO6. The Bertz CT molecular complexity index is 777. The van der Waals surface area contributed by atoms with Crippen LogP contribution in [0.2, 0.25) is 5.02 Å². The van der Waals surface area contributed by atoms with Crippen molar-refractivity contribution >= 4 is 34.5 Å². The van der Waals surface area contributed by atoms with Crippen molar-refractivity contribution in [1.29, 1.82) is 0 Å². The number of hydrogen-bond acceptors (Lipinski definition) is 6. The van der Waals surface area contributed by atoms with Gasteiger partial charge in [-0.1, -0.05) is 11.6 Å². The van der Waals surface area contributed by atoms with Crippen LogP contribution in [-0.2, 0) is 20.7 Å². The summed E-state index contributed by atoms with van der Waals surface area (Å²) in [5.74, 6) is -1.83. The molecule has 0 aliphatic heterocycles. The second-order valence-corrected chi connectivity index (χ2v) is 4.56. The van der Waals surface area contributed by atoms with Crippen molar-refractivity contribution in [3.8, 4) is 0 Å². The molecule has 0 N–H and O–H groups in total. The number of methoxy groups -OCH3 is 2. The number of halogens is 1. The van der Waals surface area contributed by atoms with E-state index in [9.17, 15) is 14.4 Å². The summed E-state index contributed by atoms with van der Waals surface area (Å²) < 4.78 is 14.5. The number of rotatable bonds is 3. The van der Waals surface area contributed by atoms with Gasteiger partial charge in [0.05, 0.1) is 31.6 Å². The SMILES string of the molecule is COC(=O)Cc1c(C(=O)OC)oc2ccc(Cl)cc2c1=O. The van der Waals surface area contributed by atoms with E-state index >= 15 is 0 Å². The monoisotopic (exact) mass is 310 g/mol. The molecule has 0 aliphatic rings. The van der Waals surface area contributed by atoms with E-state index in [0.29, 0.717) is 5.02 Å². The van der Waals surface area contributed by atoms with Crippen molar-refractivity contribution in [2.75, 3.05) is 14.2 Å². The zero-order valence-electron chi connectivity index (χ0n) is 11.3. The molecule has 0 unspecified atom stereocenters. The van der Waals surface area contributed by atoms with Gasteiger partial charge in [0.15, 0.2) is 5.43 Å². The first-order valence-electron chi connectivity index (χ1n) is 5.88. The fourth-order valence-electron chi connectivity index (χ4n) is 1.84. The molecule has 2 rings (SSSR count). The van der Waals surface area contributed by atoms with Crippen molar-refractivity contribution in [3.05, 3.63) is 44.8 Å². The minimum atomic E-state index is -0.845. The van der Waals surface area contributed by atoms with Gasteiger partial charge in [0.25, 0.3) is 0 Å². The third kappa shape index (κ3) is 2.90. The molecule has 0 bridgehead atoms. The quantitative estimate of drug-likeness (QED) is 0.806. The molecule has 21 heavy (non-hydrogen) atoms. The van der Waals surface area contributed by atoms with Crippen molar-refractivity contribution in [1.82, 2.24) is 0 Å². The average Bonchev–Trinajstić information content (AvgIpc) is 2.49. The first kappa shape index (κ1) is 15.1. The molecule has 0 aliphatic carbocycles. The Kier molecular flexibility index (Phi) is 4.28. The van der Waals surface area contributed by atoms with Gasteiger partial charge in [-0.25, -0.2) is 4.79 Å². The molecule has 0 fully saturated rings. The van der Waals surface area contributed by atoms with Crippen molar-refractivity contribution in [3.63, 3.8) is 0 Å². The first-order chi connectivity index (χ1) is 9.97. The van der Waals surface area contributed by atoms with E-state index in [1.54, 1.807) is 0 Å². The molecule has 2 aromatic rings. The highest BCUT2D eigenvalue weighted by molar-refractivity contribution is 6.31. The van der Waals surface area contributed by atoms with Gasteiger partial charge in [-0.3, -0.25) is 9.59 Å². The van der Waals surface area contributed by atoms with Gasteiger partial charge < -0.3 is 13.9 Å². The number of carbonyl (C=O) groups excluding carboxylic acids is 2. The number of benzene rings is 1. The van der Waals surface area contributed by atoms with Crippen molar-refractivity contribution < 1.29 is 23.5 Å². The molecule has 110 valence electrons. The molecule has 0 radical (unpaired) electrons. The topological polar surface area (TPSA) is 82.8 Å². The van der Waals surface area contributed by atoms with Crippen LogP contribution in [0.5, 0.6) is 0 Å². The Hall–Kier alpha value is -2.34. The predicted octanol–water partition coefficient (Wildman–Crippen LogP) is 1.95. The van der Waals surface area contributed by atoms with Crippen LogP contribution in [0.4, 0.5) is 0 Å². The molecule has 1 aromatic carbocycles. The maximum atomic E-state index is 12.4. The smallest absolute Gasteiger partial charge is 0.374 e. The van der Waals surface area contributed by atoms with Crippen LogP contribution in [-0.4, -0.2) is 26.2 Å². The number of fused-ring (bicyclic) bond motifs is 1. The normalized spacial score (nSPS) is 10.4. The zero-order chi connectivity index (χ0) is 15.6. The number of esters is 2. The number of carbonyl (C=O) groups is 2. The lowest BCUT2D eigenvalue weighted by Crippen LogP contribution is -2.20. The van der Waals surface area contributed by atoms with E-state index in [4.69, 9.17) is 16.0 Å². The fraction of sp³-hybridized carbons (Fsp3) is 0.214. The predicted molar refractivity (Wildman–Crippen MR) is 74.6 cm³/mol. The van der Waals surface area contributed by atoms with Crippen molar-refractivity contribution in [2.45, 2.75) is 6.42 Å². The van der Waals surface area contributed by atoms with Gasteiger partial charge >= 0.3 is 11.9 Å². The lowest BCUT2D eigenvalue weighted by molar-refractivity contribution is -0.139. The summed E-state index contributed by atoms with van der Waals surface area (Å²) in [6.45, 7) is 0. The Balaban J connectivity index is 2.77. The summed E-state index contributed by atoms with van der Waals surface area (Å²) in [5, 5.41) is 0.513. The minimum absolute atomic E-state index is 0.122. The summed E-state index contributed by atoms with van der Waals surface area (Å²) in [6, 6.07) is 4.39. The molecule has 0 saturated carbocycles. The van der Waals surface area contributed by atoms with E-state index in [1.165, 1.54) is 25.3 Å². The Morgan fingerprint density at radius 1 is 1.24 bits per heavy atom. The molecule has 0 amide bonds. The Morgan fingerprint density at radius 3 is 2.57 bits per heavy atom. The third-order valence-electron chi connectivity index (χ3n) is 2.87. The largest absolute Gasteiger partial charge is 0.469 e. The molecule has 0 spiro atoms. The highest BCUT2D eigenvalue weighted by Gasteiger charge is 2.23. The van der Waals surface area contributed by atoms with E-state index in [1.807, 2.05) is 0 Å².